The third-order valence-electron chi connectivity index (χ3n) is 4.76. The first-order chi connectivity index (χ1) is 14.4. The van der Waals surface area contributed by atoms with Crippen LogP contribution in [0.5, 0.6) is 5.75 Å². The Morgan fingerprint density at radius 2 is 1.70 bits per heavy atom. The van der Waals surface area contributed by atoms with Crippen molar-refractivity contribution in [1.29, 1.82) is 0 Å². The molecule has 0 bridgehead atoms. The molecule has 1 atom stereocenters. The van der Waals surface area contributed by atoms with Crippen LogP contribution in [0.3, 0.4) is 0 Å². The Bertz CT molecular complexity index is 1030. The van der Waals surface area contributed by atoms with Crippen molar-refractivity contribution in [3.05, 3.63) is 95.1 Å². The summed E-state index contributed by atoms with van der Waals surface area (Å²) in [6, 6.07) is 22.4. The minimum absolute atomic E-state index is 0.105. The molecule has 154 valence electrons. The first kappa shape index (κ1) is 21.1. The fourth-order valence-corrected chi connectivity index (χ4v) is 3.05. The number of hydrogen-bond acceptors (Lipinski definition) is 3. The highest BCUT2D eigenvalue weighted by atomic mass is 16.5. The maximum atomic E-state index is 12.6. The van der Waals surface area contributed by atoms with Gasteiger partial charge in [0, 0.05) is 11.3 Å². The number of ether oxygens (including phenoxy) is 1. The molecular formula is C25H26N2O3. The van der Waals surface area contributed by atoms with E-state index >= 15 is 0 Å². The van der Waals surface area contributed by atoms with Crippen LogP contribution in [0.2, 0.25) is 0 Å². The summed E-state index contributed by atoms with van der Waals surface area (Å²) in [5.41, 5.74) is 4.09. The van der Waals surface area contributed by atoms with E-state index in [1.807, 2.05) is 69.3 Å². The van der Waals surface area contributed by atoms with Gasteiger partial charge in [0.15, 0.2) is 6.61 Å². The summed E-state index contributed by atoms with van der Waals surface area (Å²) in [7, 11) is 0. The molecule has 1 unspecified atom stereocenters. The molecule has 0 radical (unpaired) electrons. The molecule has 0 aliphatic heterocycles. The second-order valence-corrected chi connectivity index (χ2v) is 7.29. The predicted molar refractivity (Wildman–Crippen MR) is 119 cm³/mol. The predicted octanol–water partition coefficient (Wildman–Crippen LogP) is 4.81. The summed E-state index contributed by atoms with van der Waals surface area (Å²) in [6.07, 6.45) is 0. The minimum Gasteiger partial charge on any atom is -0.483 e. The maximum absolute atomic E-state index is 12.6. The van der Waals surface area contributed by atoms with E-state index < -0.39 is 0 Å². The summed E-state index contributed by atoms with van der Waals surface area (Å²) >= 11 is 0. The molecule has 30 heavy (non-hydrogen) atoms. The molecule has 3 aromatic rings. The van der Waals surface area contributed by atoms with E-state index in [2.05, 4.69) is 10.6 Å². The third kappa shape index (κ3) is 5.70. The van der Waals surface area contributed by atoms with Gasteiger partial charge in [0.2, 0.25) is 0 Å². The monoisotopic (exact) mass is 402 g/mol. The van der Waals surface area contributed by atoms with Crippen molar-refractivity contribution in [3.63, 3.8) is 0 Å². The van der Waals surface area contributed by atoms with Crippen LogP contribution in [0.1, 0.15) is 40.0 Å². The SMILES string of the molecule is Cc1ccc(C)c(OCC(=O)Nc2cccc(C(=O)NC(C)c3ccccc3)c2)c1. The second-order valence-electron chi connectivity index (χ2n) is 7.29. The van der Waals surface area contributed by atoms with Crippen LogP contribution in [0, 0.1) is 13.8 Å². The van der Waals surface area contributed by atoms with Crippen molar-refractivity contribution < 1.29 is 14.3 Å². The van der Waals surface area contributed by atoms with Crippen LogP contribution in [-0.2, 0) is 4.79 Å². The van der Waals surface area contributed by atoms with Gasteiger partial charge in [-0.25, -0.2) is 0 Å². The van der Waals surface area contributed by atoms with Gasteiger partial charge in [-0.1, -0.05) is 48.5 Å². The van der Waals surface area contributed by atoms with Crippen molar-refractivity contribution >= 4 is 17.5 Å². The number of hydrogen-bond donors (Lipinski definition) is 2. The highest BCUT2D eigenvalue weighted by molar-refractivity contribution is 5.97. The van der Waals surface area contributed by atoms with Gasteiger partial charge >= 0.3 is 0 Å². The lowest BCUT2D eigenvalue weighted by molar-refractivity contribution is -0.118. The van der Waals surface area contributed by atoms with Crippen molar-refractivity contribution in [1.82, 2.24) is 5.32 Å². The summed E-state index contributed by atoms with van der Waals surface area (Å²) in [6.45, 7) is 5.74. The molecule has 3 rings (SSSR count). The average Bonchev–Trinajstić information content (AvgIpc) is 2.75. The molecule has 5 heteroatoms. The van der Waals surface area contributed by atoms with Gasteiger partial charge in [-0.15, -0.1) is 0 Å². The summed E-state index contributed by atoms with van der Waals surface area (Å²) in [4.78, 5) is 24.9. The molecule has 2 amide bonds. The van der Waals surface area contributed by atoms with Crippen LogP contribution >= 0.6 is 0 Å². The van der Waals surface area contributed by atoms with Gasteiger partial charge in [-0.05, 0) is 61.7 Å². The molecule has 0 spiro atoms. The third-order valence-corrected chi connectivity index (χ3v) is 4.76. The number of carbonyl (C=O) groups excluding carboxylic acids is 2. The molecule has 0 heterocycles. The summed E-state index contributed by atoms with van der Waals surface area (Å²) < 4.78 is 5.64. The van der Waals surface area contributed by atoms with Crippen molar-refractivity contribution in [3.8, 4) is 5.75 Å². The van der Waals surface area contributed by atoms with Crippen LogP contribution in [0.25, 0.3) is 0 Å². The smallest absolute Gasteiger partial charge is 0.262 e. The van der Waals surface area contributed by atoms with Gasteiger partial charge in [-0.3, -0.25) is 9.59 Å². The number of nitrogens with one attached hydrogen (secondary N) is 2. The van der Waals surface area contributed by atoms with Crippen molar-refractivity contribution in [2.45, 2.75) is 26.8 Å². The van der Waals surface area contributed by atoms with E-state index in [0.717, 1.165) is 16.7 Å². The minimum atomic E-state index is -0.286. The number of amides is 2. The fraction of sp³-hybridized carbons (Fsp3) is 0.200. The largest absolute Gasteiger partial charge is 0.483 e. The van der Waals surface area contributed by atoms with Crippen LogP contribution in [0.15, 0.2) is 72.8 Å². The lowest BCUT2D eigenvalue weighted by atomic mass is 10.1. The van der Waals surface area contributed by atoms with E-state index in [1.165, 1.54) is 0 Å². The van der Waals surface area contributed by atoms with E-state index in [1.54, 1.807) is 24.3 Å². The van der Waals surface area contributed by atoms with Crippen molar-refractivity contribution in [2.75, 3.05) is 11.9 Å². The Hall–Kier alpha value is -3.60. The first-order valence-electron chi connectivity index (χ1n) is 9.88. The Labute approximate surface area is 177 Å². The quantitative estimate of drug-likeness (QED) is 0.596. The highest BCUT2D eigenvalue weighted by Gasteiger charge is 2.12. The second kappa shape index (κ2) is 9.74. The number of aryl methyl sites for hydroxylation is 2. The van der Waals surface area contributed by atoms with Gasteiger partial charge < -0.3 is 15.4 Å². The summed E-state index contributed by atoms with van der Waals surface area (Å²) in [5, 5.41) is 5.76. The highest BCUT2D eigenvalue weighted by Crippen LogP contribution is 2.19. The van der Waals surface area contributed by atoms with Gasteiger partial charge in [-0.2, -0.15) is 0 Å². The topological polar surface area (TPSA) is 67.4 Å². The Morgan fingerprint density at radius 3 is 2.47 bits per heavy atom. The Kier molecular flexibility index (Phi) is 6.86. The van der Waals surface area contributed by atoms with Crippen LogP contribution in [-0.4, -0.2) is 18.4 Å². The van der Waals surface area contributed by atoms with E-state index in [9.17, 15) is 9.59 Å². The van der Waals surface area contributed by atoms with E-state index in [-0.39, 0.29) is 24.5 Å². The van der Waals surface area contributed by atoms with E-state index in [0.29, 0.717) is 17.0 Å². The molecule has 0 aliphatic carbocycles. The standard InChI is InChI=1S/C25H26N2O3/c1-17-12-13-18(2)23(14-17)30-16-24(28)27-22-11-7-10-21(15-22)25(29)26-19(3)20-8-5-4-6-9-20/h4-15,19H,16H2,1-3H3,(H,26,29)(H,27,28). The lowest BCUT2D eigenvalue weighted by Gasteiger charge is -2.15. The molecule has 0 aromatic heterocycles. The van der Waals surface area contributed by atoms with Crippen LogP contribution in [0.4, 0.5) is 5.69 Å². The molecule has 0 saturated carbocycles. The number of anilines is 1. The number of carbonyl (C=O) groups is 2. The van der Waals surface area contributed by atoms with Crippen molar-refractivity contribution in [2.24, 2.45) is 0 Å². The molecular weight excluding hydrogens is 376 g/mol. The lowest BCUT2D eigenvalue weighted by Crippen LogP contribution is -2.27. The zero-order valence-electron chi connectivity index (χ0n) is 17.4. The first-order valence-corrected chi connectivity index (χ1v) is 9.88. The Morgan fingerprint density at radius 1 is 0.933 bits per heavy atom. The maximum Gasteiger partial charge on any atom is 0.262 e. The molecule has 0 saturated heterocycles. The zero-order valence-corrected chi connectivity index (χ0v) is 17.4. The van der Waals surface area contributed by atoms with E-state index in [4.69, 9.17) is 4.74 Å². The van der Waals surface area contributed by atoms with Gasteiger partial charge in [0.1, 0.15) is 5.75 Å². The zero-order chi connectivity index (χ0) is 21.5. The molecule has 5 nitrogen and oxygen atoms in total. The van der Waals surface area contributed by atoms with Gasteiger partial charge in [0.05, 0.1) is 6.04 Å². The molecule has 0 aliphatic rings. The van der Waals surface area contributed by atoms with Crippen LogP contribution < -0.4 is 15.4 Å². The fourth-order valence-electron chi connectivity index (χ4n) is 3.05. The molecule has 2 N–H and O–H groups in total. The average molecular weight is 402 g/mol. The summed E-state index contributed by atoms with van der Waals surface area (Å²) in [5.74, 6) is 0.202. The molecule has 0 fully saturated rings. The van der Waals surface area contributed by atoms with Gasteiger partial charge in [0.25, 0.3) is 11.8 Å². The number of rotatable bonds is 7. The number of benzene rings is 3. The Balaban J connectivity index is 1.58. The molecule has 3 aromatic carbocycles. The normalized spacial score (nSPS) is 11.4.